The standard InChI is InChI=1S/C3H5BrO2/c1-6-3(5)2-4/h2,5H,1H3/b3-2-. The Morgan fingerprint density at radius 1 is 2.00 bits per heavy atom. The minimum absolute atomic E-state index is 0.116. The van der Waals surface area contributed by atoms with E-state index < -0.39 is 0 Å². The van der Waals surface area contributed by atoms with Crippen molar-refractivity contribution in [1.29, 1.82) is 0 Å². The maximum Gasteiger partial charge on any atom is 0.283 e. The predicted octanol–water partition coefficient (Wildman–Crippen LogP) is 1.38. The first-order valence-electron chi connectivity index (χ1n) is 1.34. The Morgan fingerprint density at radius 3 is 2.50 bits per heavy atom. The van der Waals surface area contributed by atoms with E-state index >= 15 is 0 Å². The first-order valence-corrected chi connectivity index (χ1v) is 2.26. The fraction of sp³-hybridized carbons (Fsp3) is 0.333. The van der Waals surface area contributed by atoms with E-state index in [1.165, 1.54) is 12.1 Å². The van der Waals surface area contributed by atoms with Crippen molar-refractivity contribution in [3.63, 3.8) is 0 Å². The summed E-state index contributed by atoms with van der Waals surface area (Å²) in [4.78, 5) is 1.28. The van der Waals surface area contributed by atoms with Gasteiger partial charge in [0.1, 0.15) is 0 Å². The first kappa shape index (κ1) is 5.82. The number of hydrogen-bond donors (Lipinski definition) is 1. The summed E-state index contributed by atoms with van der Waals surface area (Å²) < 4.78 is 4.27. The number of aliphatic hydroxyl groups is 1. The van der Waals surface area contributed by atoms with E-state index in [1.54, 1.807) is 0 Å². The highest BCUT2D eigenvalue weighted by molar-refractivity contribution is 9.11. The van der Waals surface area contributed by atoms with Crippen LogP contribution in [0.2, 0.25) is 0 Å². The highest BCUT2D eigenvalue weighted by atomic mass is 79.9. The van der Waals surface area contributed by atoms with Gasteiger partial charge < -0.3 is 9.84 Å². The molecular formula is C3H5BrO2. The van der Waals surface area contributed by atoms with Crippen molar-refractivity contribution in [1.82, 2.24) is 0 Å². The summed E-state index contributed by atoms with van der Waals surface area (Å²) >= 11 is 2.84. The van der Waals surface area contributed by atoms with E-state index in [9.17, 15) is 0 Å². The molecule has 0 fully saturated rings. The third-order valence-electron chi connectivity index (χ3n) is 0.302. The molecule has 0 saturated carbocycles. The van der Waals surface area contributed by atoms with Crippen molar-refractivity contribution in [3.8, 4) is 0 Å². The molecule has 0 aliphatic heterocycles. The zero-order chi connectivity index (χ0) is 4.99. The average molecular weight is 153 g/mol. The van der Waals surface area contributed by atoms with Crippen LogP contribution in [0.5, 0.6) is 0 Å². The largest absolute Gasteiger partial charge is 0.481 e. The van der Waals surface area contributed by atoms with Crippen LogP contribution in [0.25, 0.3) is 0 Å². The molecule has 6 heavy (non-hydrogen) atoms. The van der Waals surface area contributed by atoms with Crippen molar-refractivity contribution in [3.05, 3.63) is 10.9 Å². The fourth-order valence-corrected chi connectivity index (χ4v) is 0.231. The summed E-state index contributed by atoms with van der Waals surface area (Å²) in [6.45, 7) is 0. The Kier molecular flexibility index (Phi) is 2.94. The molecule has 0 heterocycles. The van der Waals surface area contributed by atoms with Crippen LogP contribution in [0.3, 0.4) is 0 Å². The van der Waals surface area contributed by atoms with Gasteiger partial charge in [0.2, 0.25) is 0 Å². The van der Waals surface area contributed by atoms with Gasteiger partial charge in [-0.1, -0.05) is 15.9 Å². The van der Waals surface area contributed by atoms with Gasteiger partial charge in [0.25, 0.3) is 5.95 Å². The van der Waals surface area contributed by atoms with Crippen LogP contribution in [0, 0.1) is 0 Å². The molecule has 0 bridgehead atoms. The summed E-state index contributed by atoms with van der Waals surface area (Å²) in [6, 6.07) is 0. The van der Waals surface area contributed by atoms with Crippen LogP contribution >= 0.6 is 15.9 Å². The molecule has 0 aliphatic carbocycles. The second-order valence-electron chi connectivity index (χ2n) is 0.651. The molecule has 0 radical (unpaired) electrons. The van der Waals surface area contributed by atoms with Crippen LogP contribution in [0.15, 0.2) is 10.9 Å². The van der Waals surface area contributed by atoms with Gasteiger partial charge in [0.15, 0.2) is 0 Å². The van der Waals surface area contributed by atoms with Crippen molar-refractivity contribution in [2.75, 3.05) is 7.11 Å². The molecule has 0 aromatic carbocycles. The Balaban J connectivity index is 3.22. The lowest BCUT2D eigenvalue weighted by atomic mass is 11.0. The molecule has 2 nitrogen and oxygen atoms in total. The number of halogens is 1. The highest BCUT2D eigenvalue weighted by Gasteiger charge is 1.77. The number of hydrogen-bond acceptors (Lipinski definition) is 2. The summed E-state index contributed by atoms with van der Waals surface area (Å²) in [5.41, 5.74) is 0. The van der Waals surface area contributed by atoms with Crippen molar-refractivity contribution in [2.24, 2.45) is 0 Å². The topological polar surface area (TPSA) is 29.5 Å². The van der Waals surface area contributed by atoms with E-state index in [0.717, 1.165) is 0 Å². The van der Waals surface area contributed by atoms with E-state index in [-0.39, 0.29) is 5.95 Å². The quantitative estimate of drug-likeness (QED) is 0.576. The Morgan fingerprint density at radius 2 is 2.50 bits per heavy atom. The van der Waals surface area contributed by atoms with Gasteiger partial charge in [-0.15, -0.1) is 0 Å². The molecule has 3 heteroatoms. The molecule has 0 aromatic heterocycles. The molecule has 36 valence electrons. The van der Waals surface area contributed by atoms with Gasteiger partial charge in [-0.3, -0.25) is 0 Å². The van der Waals surface area contributed by atoms with Gasteiger partial charge in [-0.25, -0.2) is 0 Å². The van der Waals surface area contributed by atoms with E-state index in [1.807, 2.05) is 0 Å². The SMILES string of the molecule is CO/C(O)=C\Br. The number of ether oxygens (including phenoxy) is 1. The smallest absolute Gasteiger partial charge is 0.283 e. The van der Waals surface area contributed by atoms with E-state index in [0.29, 0.717) is 0 Å². The lowest BCUT2D eigenvalue weighted by Crippen LogP contribution is -1.77. The molecule has 0 unspecified atom stereocenters. The lowest BCUT2D eigenvalue weighted by molar-refractivity contribution is 0.138. The zero-order valence-electron chi connectivity index (χ0n) is 3.31. The van der Waals surface area contributed by atoms with Crippen molar-refractivity contribution < 1.29 is 9.84 Å². The predicted molar refractivity (Wildman–Crippen MR) is 26.6 cm³/mol. The highest BCUT2D eigenvalue weighted by Crippen LogP contribution is 1.91. The Hall–Kier alpha value is -0.180. The number of aliphatic hydroxyl groups excluding tert-OH is 1. The Bertz CT molecular complexity index is 59.8. The normalized spacial score (nSPS) is 11.3. The zero-order valence-corrected chi connectivity index (χ0v) is 4.90. The monoisotopic (exact) mass is 152 g/mol. The van der Waals surface area contributed by atoms with Crippen molar-refractivity contribution >= 4 is 15.9 Å². The van der Waals surface area contributed by atoms with E-state index in [4.69, 9.17) is 5.11 Å². The molecular weight excluding hydrogens is 148 g/mol. The van der Waals surface area contributed by atoms with Crippen LogP contribution in [-0.2, 0) is 4.74 Å². The Labute approximate surface area is 44.6 Å². The fourth-order valence-electron chi connectivity index (χ4n) is 0.0445. The first-order chi connectivity index (χ1) is 2.81. The summed E-state index contributed by atoms with van der Waals surface area (Å²) in [6.07, 6.45) is 0. The molecule has 0 saturated heterocycles. The third-order valence-corrected chi connectivity index (χ3v) is 0.694. The van der Waals surface area contributed by atoms with Crippen LogP contribution in [-0.4, -0.2) is 12.2 Å². The summed E-state index contributed by atoms with van der Waals surface area (Å²) in [5, 5.41) is 8.26. The van der Waals surface area contributed by atoms with E-state index in [2.05, 4.69) is 20.7 Å². The summed E-state index contributed by atoms with van der Waals surface area (Å²) in [7, 11) is 1.38. The maximum atomic E-state index is 8.26. The van der Waals surface area contributed by atoms with Gasteiger partial charge in [-0.2, -0.15) is 0 Å². The summed E-state index contributed by atoms with van der Waals surface area (Å²) in [5.74, 6) is -0.116. The lowest BCUT2D eigenvalue weighted by Gasteiger charge is -1.88. The minimum atomic E-state index is -0.116. The average Bonchev–Trinajstić information content (AvgIpc) is 1.65. The second kappa shape index (κ2) is 3.03. The van der Waals surface area contributed by atoms with Gasteiger partial charge >= 0.3 is 0 Å². The van der Waals surface area contributed by atoms with Crippen LogP contribution in [0.1, 0.15) is 0 Å². The maximum absolute atomic E-state index is 8.26. The van der Waals surface area contributed by atoms with Crippen LogP contribution < -0.4 is 0 Å². The molecule has 0 amide bonds. The molecule has 1 N–H and O–H groups in total. The van der Waals surface area contributed by atoms with Gasteiger partial charge in [0, 0.05) is 0 Å². The van der Waals surface area contributed by atoms with Crippen LogP contribution in [0.4, 0.5) is 0 Å². The molecule has 0 rings (SSSR count). The number of rotatable bonds is 1. The van der Waals surface area contributed by atoms with Gasteiger partial charge in [0.05, 0.1) is 12.1 Å². The third kappa shape index (κ3) is 2.08. The van der Waals surface area contributed by atoms with Crippen molar-refractivity contribution in [2.45, 2.75) is 0 Å². The molecule has 0 atom stereocenters. The minimum Gasteiger partial charge on any atom is -0.481 e. The second-order valence-corrected chi connectivity index (χ2v) is 1.11. The number of methoxy groups -OCH3 is 1. The molecule has 0 aromatic rings. The molecule has 0 spiro atoms. The van der Waals surface area contributed by atoms with Gasteiger partial charge in [-0.05, 0) is 0 Å². The molecule has 0 aliphatic rings.